The van der Waals surface area contributed by atoms with Crippen LogP contribution in [-0.4, -0.2) is 24.9 Å². The Labute approximate surface area is 278 Å². The van der Waals surface area contributed by atoms with Crippen LogP contribution in [-0.2, 0) is 25.9 Å². The van der Waals surface area contributed by atoms with Crippen LogP contribution in [0.25, 0.3) is 11.1 Å². The number of hydrogen-bond donors (Lipinski definition) is 1. The molecule has 0 heterocycles. The lowest BCUT2D eigenvalue weighted by Crippen LogP contribution is -2.13. The Hall–Kier alpha value is -5.80. The molecule has 4 aromatic carbocycles. The van der Waals surface area contributed by atoms with E-state index in [1.165, 1.54) is 19.1 Å². The van der Waals surface area contributed by atoms with Gasteiger partial charge in [0.25, 0.3) is 10.1 Å². The first-order valence-corrected chi connectivity index (χ1v) is 15.5. The predicted molar refractivity (Wildman–Crippen MR) is 174 cm³/mol. The molecule has 0 aliphatic rings. The minimum absolute atomic E-state index is 0.112. The molecule has 1 N–H and O–H groups in total. The summed E-state index contributed by atoms with van der Waals surface area (Å²) in [6, 6.07) is 17.7. The minimum Gasteiger partial charge on any atom is -0.423 e. The van der Waals surface area contributed by atoms with Gasteiger partial charge in [0.15, 0.2) is 0 Å². The van der Waals surface area contributed by atoms with Gasteiger partial charge in [0.2, 0.25) is 0 Å². The minimum atomic E-state index is -4.93. The third-order valence-corrected chi connectivity index (χ3v) is 7.40. The normalized spacial score (nSPS) is 11.9. The molecule has 15 heteroatoms. The van der Waals surface area contributed by atoms with E-state index in [0.29, 0.717) is 39.9 Å². The number of hydrogen-bond acceptors (Lipinski definition) is 10. The van der Waals surface area contributed by atoms with Gasteiger partial charge in [0, 0.05) is 11.1 Å². The summed E-state index contributed by atoms with van der Waals surface area (Å²) in [6.45, 7) is 11.4. The molecule has 252 valence electrons. The van der Waals surface area contributed by atoms with Gasteiger partial charge in [0.1, 0.15) is 27.6 Å². The Morgan fingerprint density at radius 2 is 1.18 bits per heavy atom. The van der Waals surface area contributed by atoms with Gasteiger partial charge in [0.05, 0.1) is 17.1 Å². The van der Waals surface area contributed by atoms with Crippen molar-refractivity contribution >= 4 is 44.8 Å². The summed E-state index contributed by atoms with van der Waals surface area (Å²) in [5.41, 5.74) is 0.639. The van der Waals surface area contributed by atoms with Crippen molar-refractivity contribution in [3.8, 4) is 22.6 Å². The van der Waals surface area contributed by atoms with E-state index in [-0.39, 0.29) is 22.5 Å². The summed E-state index contributed by atoms with van der Waals surface area (Å²) in [4.78, 5) is 22.9. The third kappa shape index (κ3) is 9.39. The molecule has 0 saturated heterocycles. The van der Waals surface area contributed by atoms with Crippen molar-refractivity contribution < 1.29 is 45.2 Å². The van der Waals surface area contributed by atoms with Crippen LogP contribution >= 0.6 is 0 Å². The fourth-order valence-corrected chi connectivity index (χ4v) is 4.65. The summed E-state index contributed by atoms with van der Waals surface area (Å²) in [6.07, 6.45) is -4.93. The molecule has 0 aliphatic heterocycles. The smallest absolute Gasteiger partial charge is 0.420 e. The van der Waals surface area contributed by atoms with Gasteiger partial charge in [-0.2, -0.15) is 36.9 Å². The lowest BCUT2D eigenvalue weighted by molar-refractivity contribution is -0.141. The average Bonchev–Trinajstić information content (AvgIpc) is 3.03. The van der Waals surface area contributed by atoms with E-state index in [0.717, 1.165) is 18.2 Å². The second-order valence-corrected chi connectivity index (χ2v) is 12.0. The standard InChI is InChI=1S/C34H27F3N4O7S/c1-19(2)32(42)47-29-14-11-25(16-21(29)5)39-38-24-9-6-22(7-10-24)23-8-13-28(31(17-23)49(44,45)46)41-40-26-12-15-30(48-33(43)20(3)4)27(18-26)34(35,36)37/h6-18H,1,3H2,2,4-5H3,(H,44,45,46)/b39-38+,41-40+. The van der Waals surface area contributed by atoms with Gasteiger partial charge in [-0.3, -0.25) is 4.55 Å². The number of halogens is 3. The zero-order valence-corrected chi connectivity index (χ0v) is 27.0. The lowest BCUT2D eigenvalue weighted by atomic mass is 10.1. The molecular formula is C34H27F3N4O7S. The summed E-state index contributed by atoms with van der Waals surface area (Å²) >= 11 is 0. The van der Waals surface area contributed by atoms with Crippen molar-refractivity contribution in [2.75, 3.05) is 0 Å². The maximum atomic E-state index is 13.7. The Bertz CT molecular complexity index is 2140. The van der Waals surface area contributed by atoms with Gasteiger partial charge < -0.3 is 9.47 Å². The molecule has 0 spiro atoms. The molecule has 4 rings (SSSR count). The first-order chi connectivity index (χ1) is 22.9. The van der Waals surface area contributed by atoms with Gasteiger partial charge in [-0.15, -0.1) is 5.11 Å². The summed E-state index contributed by atoms with van der Waals surface area (Å²) in [5, 5.41) is 15.8. The zero-order chi connectivity index (χ0) is 36.1. The van der Waals surface area contributed by atoms with E-state index in [9.17, 15) is 35.7 Å². The van der Waals surface area contributed by atoms with E-state index in [1.807, 2.05) is 0 Å². The van der Waals surface area contributed by atoms with Crippen molar-refractivity contribution in [2.24, 2.45) is 20.5 Å². The number of ether oxygens (including phenoxy) is 2. The monoisotopic (exact) mass is 692 g/mol. The molecule has 4 aromatic rings. The largest absolute Gasteiger partial charge is 0.423 e. The number of benzene rings is 4. The number of carbonyl (C=O) groups excluding carboxylic acids is 2. The Morgan fingerprint density at radius 3 is 1.73 bits per heavy atom. The number of azo groups is 2. The van der Waals surface area contributed by atoms with Crippen LogP contribution in [0.15, 0.2) is 129 Å². The number of alkyl halides is 3. The van der Waals surface area contributed by atoms with E-state index < -0.39 is 44.4 Å². The van der Waals surface area contributed by atoms with Crippen LogP contribution in [0.1, 0.15) is 25.0 Å². The highest BCUT2D eigenvalue weighted by Crippen LogP contribution is 2.40. The highest BCUT2D eigenvalue weighted by atomic mass is 32.2. The quantitative estimate of drug-likeness (QED) is 0.0570. The van der Waals surface area contributed by atoms with E-state index in [4.69, 9.17) is 9.47 Å². The van der Waals surface area contributed by atoms with Crippen molar-refractivity contribution in [3.05, 3.63) is 114 Å². The Balaban J connectivity index is 1.56. The first-order valence-electron chi connectivity index (χ1n) is 14.0. The molecule has 0 atom stereocenters. The van der Waals surface area contributed by atoms with Crippen LogP contribution in [0, 0.1) is 6.92 Å². The van der Waals surface area contributed by atoms with Crippen molar-refractivity contribution in [1.29, 1.82) is 0 Å². The van der Waals surface area contributed by atoms with Crippen LogP contribution in [0.2, 0.25) is 0 Å². The van der Waals surface area contributed by atoms with Crippen molar-refractivity contribution in [1.82, 2.24) is 0 Å². The van der Waals surface area contributed by atoms with Crippen LogP contribution < -0.4 is 9.47 Å². The van der Waals surface area contributed by atoms with Gasteiger partial charge in [-0.1, -0.05) is 31.4 Å². The number of esters is 2. The lowest BCUT2D eigenvalue weighted by Gasteiger charge is -2.13. The molecule has 0 fully saturated rings. The highest BCUT2D eigenvalue weighted by Gasteiger charge is 2.35. The van der Waals surface area contributed by atoms with Gasteiger partial charge >= 0.3 is 18.1 Å². The number of rotatable bonds is 10. The van der Waals surface area contributed by atoms with E-state index in [2.05, 4.69) is 33.6 Å². The van der Waals surface area contributed by atoms with Crippen molar-refractivity contribution in [3.63, 3.8) is 0 Å². The summed E-state index contributed by atoms with van der Waals surface area (Å²) in [5.74, 6) is -2.02. The first kappa shape index (κ1) is 36.0. The Morgan fingerprint density at radius 1 is 0.694 bits per heavy atom. The third-order valence-electron chi connectivity index (χ3n) is 6.52. The van der Waals surface area contributed by atoms with E-state index in [1.54, 1.807) is 56.3 Å². The molecule has 0 aliphatic carbocycles. The second kappa shape index (κ2) is 14.5. The van der Waals surface area contributed by atoms with Crippen LogP contribution in [0.5, 0.6) is 11.5 Å². The van der Waals surface area contributed by atoms with E-state index >= 15 is 0 Å². The highest BCUT2D eigenvalue weighted by molar-refractivity contribution is 7.86. The molecule has 0 radical (unpaired) electrons. The summed E-state index contributed by atoms with van der Waals surface area (Å²) in [7, 11) is -4.86. The molecule has 0 bridgehead atoms. The number of nitrogens with zero attached hydrogens (tertiary/aromatic N) is 4. The molecule has 0 aromatic heterocycles. The predicted octanol–water partition coefficient (Wildman–Crippen LogP) is 9.72. The van der Waals surface area contributed by atoms with Crippen LogP contribution in [0.3, 0.4) is 0 Å². The SMILES string of the molecule is C=C(C)C(=O)Oc1ccc(/N=N/c2ccc(-c3ccc(/N=N/c4ccc(OC(=O)C(=C)C)c(C(F)(F)F)c4)c(S(=O)(=O)O)c3)cc2)cc1C. The maximum absolute atomic E-state index is 13.7. The molecule has 0 amide bonds. The fourth-order valence-electron chi connectivity index (χ4n) is 4.01. The van der Waals surface area contributed by atoms with Crippen LogP contribution in [0.4, 0.5) is 35.9 Å². The van der Waals surface area contributed by atoms with Gasteiger partial charge in [-0.05, 0) is 98.1 Å². The summed E-state index contributed by atoms with van der Waals surface area (Å²) < 4.78 is 85.4. The number of carbonyl (C=O) groups is 2. The molecular weight excluding hydrogens is 665 g/mol. The fraction of sp³-hybridized carbons (Fsp3) is 0.118. The zero-order valence-electron chi connectivity index (χ0n) is 26.1. The number of aryl methyl sites for hydroxylation is 1. The van der Waals surface area contributed by atoms with Gasteiger partial charge in [-0.25, -0.2) is 9.59 Å². The Kier molecular flexibility index (Phi) is 10.7. The molecule has 11 nitrogen and oxygen atoms in total. The molecule has 0 unspecified atom stereocenters. The molecule has 0 saturated carbocycles. The average molecular weight is 693 g/mol. The molecule has 49 heavy (non-hydrogen) atoms. The second-order valence-electron chi connectivity index (χ2n) is 10.6. The van der Waals surface area contributed by atoms with Crippen molar-refractivity contribution in [2.45, 2.75) is 31.8 Å². The topological polar surface area (TPSA) is 156 Å². The maximum Gasteiger partial charge on any atom is 0.420 e.